The van der Waals surface area contributed by atoms with Crippen LogP contribution in [0.5, 0.6) is 0 Å². The van der Waals surface area contributed by atoms with E-state index in [-0.39, 0.29) is 0 Å². The van der Waals surface area contributed by atoms with Gasteiger partial charge in [-0.2, -0.15) is 0 Å². The maximum absolute atomic E-state index is 10.4. The maximum atomic E-state index is 10.4. The number of hydrogen-bond acceptors (Lipinski definition) is 3. The first-order valence-corrected chi connectivity index (χ1v) is 6.78. The number of aliphatic hydroxyl groups is 1. The lowest BCUT2D eigenvalue weighted by Gasteiger charge is -2.38. The van der Waals surface area contributed by atoms with Crippen molar-refractivity contribution in [2.45, 2.75) is 38.9 Å². The van der Waals surface area contributed by atoms with Gasteiger partial charge in [0.05, 0.1) is 11.2 Å². The fourth-order valence-corrected chi connectivity index (χ4v) is 1.95. The third-order valence-electron chi connectivity index (χ3n) is 3.97. The zero-order valence-corrected chi connectivity index (χ0v) is 12.4. The second-order valence-electron chi connectivity index (χ2n) is 6.11. The average molecular weight is 272 g/mol. The summed E-state index contributed by atoms with van der Waals surface area (Å²) in [6, 6.07) is 13.6. The molecular weight excluding hydrogens is 251 g/mol. The van der Waals surface area contributed by atoms with Crippen molar-refractivity contribution < 1.29 is 14.8 Å². The van der Waals surface area contributed by atoms with E-state index in [9.17, 15) is 10.1 Å². The van der Waals surface area contributed by atoms with Crippen LogP contribution in [0.15, 0.2) is 42.5 Å². The molecule has 0 radical (unpaired) electrons. The summed E-state index contributed by atoms with van der Waals surface area (Å²) in [5, 5.41) is 22.5. The highest BCUT2D eigenvalue weighted by Gasteiger charge is 2.39. The van der Waals surface area contributed by atoms with Crippen LogP contribution >= 0.6 is 0 Å². The minimum absolute atomic E-state index is 0.709. The van der Waals surface area contributed by atoms with Crippen molar-refractivity contribution in [1.29, 1.82) is 0 Å². The summed E-state index contributed by atoms with van der Waals surface area (Å²) in [5.41, 5.74) is -1.22. The van der Waals surface area contributed by atoms with E-state index in [0.717, 1.165) is 10.8 Å². The molecule has 20 heavy (non-hydrogen) atoms. The maximum Gasteiger partial charge on any atom is 0.492 e. The van der Waals surface area contributed by atoms with Crippen LogP contribution in [0.3, 0.4) is 0 Å². The van der Waals surface area contributed by atoms with Crippen molar-refractivity contribution in [2.24, 2.45) is 0 Å². The van der Waals surface area contributed by atoms with Crippen molar-refractivity contribution >= 4 is 23.4 Å². The van der Waals surface area contributed by atoms with E-state index in [4.69, 9.17) is 4.65 Å². The number of hydrogen-bond donors (Lipinski definition) is 2. The molecule has 0 aromatic heterocycles. The van der Waals surface area contributed by atoms with E-state index < -0.39 is 18.3 Å². The minimum atomic E-state index is -1.08. The third-order valence-corrected chi connectivity index (χ3v) is 3.97. The van der Waals surface area contributed by atoms with E-state index in [2.05, 4.69) is 0 Å². The molecule has 0 aliphatic rings. The van der Waals surface area contributed by atoms with Gasteiger partial charge in [-0.15, -0.1) is 0 Å². The molecule has 0 spiro atoms. The van der Waals surface area contributed by atoms with Crippen LogP contribution in [-0.4, -0.2) is 28.5 Å². The average Bonchev–Trinajstić information content (AvgIpc) is 2.36. The lowest BCUT2D eigenvalue weighted by Crippen LogP contribution is -2.53. The molecule has 0 bridgehead atoms. The van der Waals surface area contributed by atoms with Gasteiger partial charge in [0.1, 0.15) is 0 Å². The summed E-state index contributed by atoms with van der Waals surface area (Å²) in [4.78, 5) is 0. The molecule has 0 fully saturated rings. The van der Waals surface area contributed by atoms with Crippen molar-refractivity contribution in [2.75, 3.05) is 0 Å². The predicted octanol–water partition coefficient (Wildman–Crippen LogP) is 2.09. The first kappa shape index (κ1) is 15.0. The van der Waals surface area contributed by atoms with Gasteiger partial charge in [0, 0.05) is 0 Å². The molecule has 0 unspecified atom stereocenters. The van der Waals surface area contributed by atoms with Gasteiger partial charge in [-0.25, -0.2) is 0 Å². The van der Waals surface area contributed by atoms with Crippen molar-refractivity contribution in [3.63, 3.8) is 0 Å². The summed E-state index contributed by atoms with van der Waals surface area (Å²) >= 11 is 0. The molecule has 0 saturated heterocycles. The first-order chi connectivity index (χ1) is 9.22. The standard InChI is InChI=1S/C16H21BO3/c1-15(2,18)16(3,4)20-17(19)14-11-7-9-12-8-5-6-10-13(12)14/h5-11,18-19H,1-4H3. The second kappa shape index (κ2) is 5.21. The predicted molar refractivity (Wildman–Crippen MR) is 83.0 cm³/mol. The summed E-state index contributed by atoms with van der Waals surface area (Å²) in [5.74, 6) is 0. The molecule has 2 rings (SSSR count). The smallest absolute Gasteiger partial charge is 0.423 e. The fraction of sp³-hybridized carbons (Fsp3) is 0.375. The van der Waals surface area contributed by atoms with Gasteiger partial charge in [-0.05, 0) is 43.9 Å². The van der Waals surface area contributed by atoms with Crippen LogP contribution in [0, 0.1) is 0 Å². The summed E-state index contributed by atoms with van der Waals surface area (Å²) in [6.45, 7) is 6.87. The van der Waals surface area contributed by atoms with E-state index >= 15 is 0 Å². The van der Waals surface area contributed by atoms with Crippen molar-refractivity contribution in [1.82, 2.24) is 0 Å². The Morgan fingerprint density at radius 2 is 1.55 bits per heavy atom. The monoisotopic (exact) mass is 272 g/mol. The molecule has 2 aromatic rings. The zero-order valence-electron chi connectivity index (χ0n) is 12.4. The molecule has 3 nitrogen and oxygen atoms in total. The number of benzene rings is 2. The first-order valence-electron chi connectivity index (χ1n) is 6.78. The molecule has 4 heteroatoms. The highest BCUT2D eigenvalue weighted by molar-refractivity contribution is 6.63. The summed E-state index contributed by atoms with van der Waals surface area (Å²) < 4.78 is 5.70. The molecule has 0 heterocycles. The highest BCUT2D eigenvalue weighted by atomic mass is 16.5. The van der Waals surface area contributed by atoms with Crippen LogP contribution in [0.2, 0.25) is 0 Å². The third kappa shape index (κ3) is 2.87. The van der Waals surface area contributed by atoms with Gasteiger partial charge in [0.25, 0.3) is 0 Å². The Bertz CT molecular complexity index is 597. The van der Waals surface area contributed by atoms with Gasteiger partial charge < -0.3 is 14.8 Å². The highest BCUT2D eigenvalue weighted by Crippen LogP contribution is 2.25. The Morgan fingerprint density at radius 1 is 0.950 bits per heavy atom. The van der Waals surface area contributed by atoms with E-state index in [1.165, 1.54) is 0 Å². The van der Waals surface area contributed by atoms with Crippen molar-refractivity contribution in [3.8, 4) is 0 Å². The summed E-state index contributed by atoms with van der Waals surface area (Å²) in [7, 11) is -1.08. The Balaban J connectivity index is 2.35. The second-order valence-corrected chi connectivity index (χ2v) is 6.11. The molecule has 0 saturated carbocycles. The quantitative estimate of drug-likeness (QED) is 0.838. The van der Waals surface area contributed by atoms with Gasteiger partial charge >= 0.3 is 7.12 Å². The Labute approximate surface area is 120 Å². The van der Waals surface area contributed by atoms with Gasteiger partial charge in [0.2, 0.25) is 0 Å². The van der Waals surface area contributed by atoms with E-state index in [0.29, 0.717) is 5.46 Å². The van der Waals surface area contributed by atoms with E-state index in [1.807, 2.05) is 42.5 Å². The van der Waals surface area contributed by atoms with Crippen LogP contribution in [0.25, 0.3) is 10.8 Å². The fourth-order valence-electron chi connectivity index (χ4n) is 1.95. The SMILES string of the molecule is CC(C)(O)C(C)(C)OB(O)c1cccc2ccccc12. The minimum Gasteiger partial charge on any atom is -0.423 e. The Morgan fingerprint density at radius 3 is 2.20 bits per heavy atom. The lowest BCUT2D eigenvalue weighted by atomic mass is 9.74. The van der Waals surface area contributed by atoms with Gasteiger partial charge in [-0.3, -0.25) is 0 Å². The molecule has 0 atom stereocenters. The van der Waals surface area contributed by atoms with E-state index in [1.54, 1.807) is 27.7 Å². The Kier molecular flexibility index (Phi) is 3.92. The number of fused-ring (bicyclic) bond motifs is 1. The molecule has 2 aromatic carbocycles. The number of rotatable bonds is 4. The molecular formula is C16H21BO3. The van der Waals surface area contributed by atoms with Gasteiger partial charge in [0.15, 0.2) is 0 Å². The van der Waals surface area contributed by atoms with Crippen molar-refractivity contribution in [3.05, 3.63) is 42.5 Å². The largest absolute Gasteiger partial charge is 0.492 e. The zero-order chi connectivity index (χ0) is 15.0. The topological polar surface area (TPSA) is 49.7 Å². The van der Waals surface area contributed by atoms with Crippen LogP contribution in [-0.2, 0) is 4.65 Å². The normalized spacial score (nSPS) is 12.7. The molecule has 0 aliphatic carbocycles. The lowest BCUT2D eigenvalue weighted by molar-refractivity contribution is -0.0982. The van der Waals surface area contributed by atoms with Gasteiger partial charge in [-0.1, -0.05) is 42.5 Å². The molecule has 106 valence electrons. The molecule has 0 aliphatic heterocycles. The van der Waals surface area contributed by atoms with Crippen LogP contribution < -0.4 is 5.46 Å². The molecule has 2 N–H and O–H groups in total. The van der Waals surface area contributed by atoms with Crippen LogP contribution in [0.4, 0.5) is 0 Å². The van der Waals surface area contributed by atoms with Crippen LogP contribution in [0.1, 0.15) is 27.7 Å². The summed E-state index contributed by atoms with van der Waals surface area (Å²) in [6.07, 6.45) is 0. The Hall–Kier alpha value is -1.36. The molecule has 0 amide bonds.